The minimum Gasteiger partial charge on any atom is -0.481 e. The number of aliphatic carboxylic acids is 1. The third-order valence-electron chi connectivity index (χ3n) is 4.67. The molecule has 1 heterocycles. The second-order valence-electron chi connectivity index (χ2n) is 8.42. The van der Waals surface area contributed by atoms with Crippen LogP contribution in [0.2, 0.25) is 0 Å². The number of rotatable bonds is 9. The van der Waals surface area contributed by atoms with Crippen LogP contribution in [-0.4, -0.2) is 71.8 Å². The maximum absolute atomic E-state index is 12.8. The zero-order valence-electron chi connectivity index (χ0n) is 18.7. The van der Waals surface area contributed by atoms with Crippen molar-refractivity contribution in [2.75, 3.05) is 26.2 Å². The molecule has 0 aliphatic carbocycles. The van der Waals surface area contributed by atoms with E-state index in [0.29, 0.717) is 0 Å². The Bertz CT molecular complexity index is 934. The first kappa shape index (κ1) is 25.4. The van der Waals surface area contributed by atoms with E-state index in [1.165, 1.54) is 18.2 Å². The zero-order chi connectivity index (χ0) is 24.8. The van der Waals surface area contributed by atoms with Crippen LogP contribution in [0.1, 0.15) is 41.5 Å². The molecule has 1 aliphatic rings. The highest BCUT2D eigenvalue weighted by molar-refractivity contribution is 6.21. The number of carboxylic acids is 1. The van der Waals surface area contributed by atoms with Gasteiger partial charge < -0.3 is 25.2 Å². The van der Waals surface area contributed by atoms with E-state index in [-0.39, 0.29) is 17.7 Å². The fourth-order valence-electron chi connectivity index (χ4n) is 3.06. The van der Waals surface area contributed by atoms with Gasteiger partial charge in [0.2, 0.25) is 0 Å². The second kappa shape index (κ2) is 10.2. The van der Waals surface area contributed by atoms with Crippen molar-refractivity contribution < 1.29 is 38.6 Å². The summed E-state index contributed by atoms with van der Waals surface area (Å²) >= 11 is 0. The number of nitrogens with one attached hydrogen (secondary N) is 2. The van der Waals surface area contributed by atoms with Crippen molar-refractivity contribution in [1.82, 2.24) is 15.5 Å². The minimum atomic E-state index is -1.97. The molecule has 4 amide bonds. The lowest BCUT2D eigenvalue weighted by Crippen LogP contribution is -2.57. The summed E-state index contributed by atoms with van der Waals surface area (Å²) in [5.41, 5.74) is -2.54. The van der Waals surface area contributed by atoms with Crippen LogP contribution in [0.4, 0.5) is 9.59 Å². The lowest BCUT2D eigenvalue weighted by Gasteiger charge is -2.33. The molecular weight excluding hydrogens is 434 g/mol. The number of alkyl carbamates (subject to hydrolysis) is 2. The Hall–Kier alpha value is -3.89. The Labute approximate surface area is 190 Å². The lowest BCUT2D eigenvalue weighted by atomic mass is 9.87. The van der Waals surface area contributed by atoms with Crippen molar-refractivity contribution in [2.24, 2.45) is 5.41 Å². The molecule has 1 aromatic carbocycles. The van der Waals surface area contributed by atoms with E-state index in [1.807, 2.05) is 0 Å². The highest BCUT2D eigenvalue weighted by atomic mass is 16.6. The van der Waals surface area contributed by atoms with Gasteiger partial charge in [-0.2, -0.15) is 0 Å². The Morgan fingerprint density at radius 3 is 2.00 bits per heavy atom. The zero-order valence-corrected chi connectivity index (χ0v) is 18.7. The average molecular weight is 461 g/mol. The number of imide groups is 1. The van der Waals surface area contributed by atoms with E-state index in [9.17, 15) is 29.1 Å². The molecule has 1 unspecified atom stereocenters. The van der Waals surface area contributed by atoms with Crippen LogP contribution in [0.5, 0.6) is 0 Å². The van der Waals surface area contributed by atoms with E-state index < -0.39 is 60.6 Å². The van der Waals surface area contributed by atoms with Gasteiger partial charge in [-0.05, 0) is 32.9 Å². The van der Waals surface area contributed by atoms with Crippen molar-refractivity contribution in [3.63, 3.8) is 0 Å². The van der Waals surface area contributed by atoms with Crippen molar-refractivity contribution in [3.8, 4) is 0 Å². The number of hydrogen-bond acceptors (Lipinski definition) is 7. The van der Waals surface area contributed by atoms with Gasteiger partial charge in [0.25, 0.3) is 11.8 Å². The van der Waals surface area contributed by atoms with E-state index in [4.69, 9.17) is 9.47 Å². The number of amides is 4. The van der Waals surface area contributed by atoms with Crippen LogP contribution >= 0.6 is 0 Å². The summed E-state index contributed by atoms with van der Waals surface area (Å²) in [5, 5.41) is 14.7. The molecule has 1 aromatic rings. The molecule has 0 radical (unpaired) electrons. The van der Waals surface area contributed by atoms with Gasteiger partial charge in [-0.1, -0.05) is 24.8 Å². The number of nitrogens with zero attached hydrogens (tertiary/aromatic N) is 1. The molecule has 0 aromatic heterocycles. The number of benzene rings is 1. The Balaban J connectivity index is 2.29. The average Bonchev–Trinajstić information content (AvgIpc) is 2.97. The number of carboxylic acid groups (broad SMARTS) is 1. The topological polar surface area (TPSA) is 151 Å². The normalized spacial score (nSPS) is 14.7. The van der Waals surface area contributed by atoms with E-state index in [0.717, 1.165) is 4.90 Å². The highest BCUT2D eigenvalue weighted by Crippen LogP contribution is 2.27. The van der Waals surface area contributed by atoms with Gasteiger partial charge in [0.05, 0.1) is 11.1 Å². The van der Waals surface area contributed by atoms with Gasteiger partial charge >= 0.3 is 18.2 Å². The van der Waals surface area contributed by atoms with Crippen molar-refractivity contribution >= 4 is 30.0 Å². The summed E-state index contributed by atoms with van der Waals surface area (Å²) in [4.78, 5) is 62.8. The maximum atomic E-state index is 12.8. The molecule has 33 heavy (non-hydrogen) atoms. The molecule has 2 rings (SSSR count). The van der Waals surface area contributed by atoms with Crippen LogP contribution in [-0.2, 0) is 14.3 Å². The van der Waals surface area contributed by atoms with Gasteiger partial charge in [-0.15, -0.1) is 0 Å². The van der Waals surface area contributed by atoms with Crippen LogP contribution in [0.25, 0.3) is 0 Å². The summed E-state index contributed by atoms with van der Waals surface area (Å²) in [6.45, 7) is 6.47. The second-order valence-corrected chi connectivity index (χ2v) is 8.42. The molecule has 0 spiro atoms. The summed E-state index contributed by atoms with van der Waals surface area (Å²) in [5.74, 6) is -2.81. The molecule has 1 atom stereocenters. The quantitative estimate of drug-likeness (QED) is 0.372. The Morgan fingerprint density at radius 1 is 1.03 bits per heavy atom. The van der Waals surface area contributed by atoms with Gasteiger partial charge in [-0.25, -0.2) is 9.59 Å². The third-order valence-corrected chi connectivity index (χ3v) is 4.67. The van der Waals surface area contributed by atoms with Crippen LogP contribution < -0.4 is 10.6 Å². The molecule has 1 aliphatic heterocycles. The molecule has 0 saturated heterocycles. The van der Waals surface area contributed by atoms with Gasteiger partial charge in [0, 0.05) is 19.6 Å². The van der Waals surface area contributed by atoms with Crippen molar-refractivity contribution in [3.05, 3.63) is 48.0 Å². The summed E-state index contributed by atoms with van der Waals surface area (Å²) in [6, 6.07) is 6.09. The van der Waals surface area contributed by atoms with E-state index in [1.54, 1.807) is 32.9 Å². The predicted molar refractivity (Wildman–Crippen MR) is 116 cm³/mol. The number of fused-ring (bicyclic) bond motifs is 1. The Morgan fingerprint density at radius 2 is 1.55 bits per heavy atom. The first-order valence-corrected chi connectivity index (χ1v) is 10.1. The molecule has 0 fully saturated rings. The van der Waals surface area contributed by atoms with Gasteiger partial charge in [-0.3, -0.25) is 19.3 Å². The fourth-order valence-corrected chi connectivity index (χ4v) is 3.06. The molecular formula is C22H27N3O8. The van der Waals surface area contributed by atoms with Crippen molar-refractivity contribution in [1.29, 1.82) is 0 Å². The van der Waals surface area contributed by atoms with Crippen LogP contribution in [0.3, 0.4) is 0 Å². The summed E-state index contributed by atoms with van der Waals surface area (Å²) < 4.78 is 9.94. The molecule has 11 heteroatoms. The number of carbonyl (C=O) groups is 5. The Kier molecular flexibility index (Phi) is 7.81. The van der Waals surface area contributed by atoms with E-state index >= 15 is 0 Å². The smallest absolute Gasteiger partial charge is 0.407 e. The van der Waals surface area contributed by atoms with Crippen molar-refractivity contribution in [2.45, 2.75) is 26.4 Å². The first-order valence-electron chi connectivity index (χ1n) is 10.1. The van der Waals surface area contributed by atoms with Crippen LogP contribution in [0.15, 0.2) is 36.9 Å². The molecule has 0 saturated carbocycles. The van der Waals surface area contributed by atoms with Crippen LogP contribution in [0, 0.1) is 5.41 Å². The third kappa shape index (κ3) is 6.31. The van der Waals surface area contributed by atoms with Gasteiger partial charge in [0.15, 0.2) is 0 Å². The predicted octanol–water partition coefficient (Wildman–Crippen LogP) is 1.79. The number of hydrogen-bond donors (Lipinski definition) is 3. The largest absolute Gasteiger partial charge is 0.481 e. The standard InChI is InChI=1S/C22H27N3O8/c1-5-10-32-19(30)23-11-22(18(28)29,12-24-20(31)33-21(2,3)4)13-25-16(26)14-8-6-7-9-15(14)17(25)27/h5-9H,1,10-13H2,2-4H3,(H,23,30)(H,24,31)(H,28,29). The lowest BCUT2D eigenvalue weighted by molar-refractivity contribution is -0.148. The number of carbonyl (C=O) groups excluding carboxylic acids is 4. The summed E-state index contributed by atoms with van der Waals surface area (Å²) in [7, 11) is 0. The molecule has 178 valence electrons. The van der Waals surface area contributed by atoms with Gasteiger partial charge in [0.1, 0.15) is 17.6 Å². The molecule has 11 nitrogen and oxygen atoms in total. The maximum Gasteiger partial charge on any atom is 0.407 e. The monoisotopic (exact) mass is 461 g/mol. The minimum absolute atomic E-state index is 0.111. The number of ether oxygens (including phenoxy) is 2. The highest BCUT2D eigenvalue weighted by Gasteiger charge is 2.47. The SMILES string of the molecule is C=CCOC(=O)NCC(CNC(=O)OC(C)(C)C)(CN1C(=O)c2ccccc2C1=O)C(=O)O. The summed E-state index contributed by atoms with van der Waals surface area (Å²) in [6.07, 6.45) is -0.503. The first-order chi connectivity index (χ1) is 15.4. The molecule has 0 bridgehead atoms. The fraction of sp³-hybridized carbons (Fsp3) is 0.409. The van der Waals surface area contributed by atoms with E-state index in [2.05, 4.69) is 17.2 Å². The molecule has 3 N–H and O–H groups in total.